The van der Waals surface area contributed by atoms with E-state index in [0.29, 0.717) is 16.8 Å². The van der Waals surface area contributed by atoms with E-state index in [0.717, 1.165) is 5.56 Å². The Morgan fingerprint density at radius 3 is 2.89 bits per heavy atom. The van der Waals surface area contributed by atoms with E-state index in [-0.39, 0.29) is 5.75 Å². The fraction of sp³-hybridized carbons (Fsp3) is 0.154. The molecule has 5 heteroatoms. The average molecular weight is 311 g/mol. The largest absolute Gasteiger partial charge is 0.453 e. The van der Waals surface area contributed by atoms with Gasteiger partial charge in [0.05, 0.1) is 6.20 Å². The molecular weight excluding hydrogens is 299 g/mol. The first-order chi connectivity index (χ1) is 8.69. The number of hydrogen-bond acceptors (Lipinski definition) is 3. The number of hydrogen-bond donors (Lipinski definition) is 1. The van der Waals surface area contributed by atoms with Gasteiger partial charge in [-0.25, -0.2) is 4.39 Å². The fourth-order valence-corrected chi connectivity index (χ4v) is 1.84. The van der Waals surface area contributed by atoms with Crippen LogP contribution in [0, 0.1) is 5.82 Å². The first-order valence-electron chi connectivity index (χ1n) is 5.40. The molecule has 2 rings (SSSR count). The van der Waals surface area contributed by atoms with Gasteiger partial charge in [0.25, 0.3) is 0 Å². The number of nitrogens with zero attached hydrogens (tertiary/aromatic N) is 1. The highest BCUT2D eigenvalue weighted by molar-refractivity contribution is 9.10. The van der Waals surface area contributed by atoms with Crippen LogP contribution in [0.4, 0.5) is 4.39 Å². The maximum Gasteiger partial charge on any atom is 0.166 e. The van der Waals surface area contributed by atoms with Crippen LogP contribution >= 0.6 is 15.9 Å². The standard InChI is InChI=1S/C13H12BrFN2O/c1-16-6-9-4-11(8-17-7-9)18-13-3-2-10(14)5-12(13)15/h2-5,7-8,16H,6H2,1H3. The monoisotopic (exact) mass is 310 g/mol. The van der Waals surface area contributed by atoms with Crippen LogP contribution in [-0.4, -0.2) is 12.0 Å². The molecule has 1 aromatic carbocycles. The number of rotatable bonds is 4. The molecule has 1 heterocycles. The third kappa shape index (κ3) is 3.27. The van der Waals surface area contributed by atoms with Crippen LogP contribution in [0.3, 0.4) is 0 Å². The molecule has 3 nitrogen and oxygen atoms in total. The number of pyridine rings is 1. The van der Waals surface area contributed by atoms with E-state index in [1.54, 1.807) is 24.5 Å². The molecule has 0 saturated heterocycles. The van der Waals surface area contributed by atoms with E-state index in [2.05, 4.69) is 26.2 Å². The Bertz CT molecular complexity index is 548. The van der Waals surface area contributed by atoms with Gasteiger partial charge in [-0.05, 0) is 36.9 Å². The Morgan fingerprint density at radius 2 is 2.17 bits per heavy atom. The molecule has 0 aliphatic rings. The van der Waals surface area contributed by atoms with Gasteiger partial charge in [0, 0.05) is 17.2 Å². The average Bonchev–Trinajstić information content (AvgIpc) is 2.34. The Kier molecular flexibility index (Phi) is 4.28. The van der Waals surface area contributed by atoms with Crippen molar-refractivity contribution in [3.05, 3.63) is 52.5 Å². The van der Waals surface area contributed by atoms with Crippen LogP contribution in [0.25, 0.3) is 0 Å². The van der Waals surface area contributed by atoms with Crippen LogP contribution in [0.5, 0.6) is 11.5 Å². The topological polar surface area (TPSA) is 34.2 Å². The van der Waals surface area contributed by atoms with Gasteiger partial charge in [-0.2, -0.15) is 0 Å². The molecule has 0 atom stereocenters. The summed E-state index contributed by atoms with van der Waals surface area (Å²) in [6, 6.07) is 6.48. The molecule has 0 radical (unpaired) electrons. The highest BCUT2D eigenvalue weighted by atomic mass is 79.9. The second kappa shape index (κ2) is 5.93. The summed E-state index contributed by atoms with van der Waals surface area (Å²) in [6.07, 6.45) is 3.29. The molecule has 0 spiro atoms. The lowest BCUT2D eigenvalue weighted by Gasteiger charge is -2.08. The van der Waals surface area contributed by atoms with Crippen molar-refractivity contribution in [1.29, 1.82) is 0 Å². The lowest BCUT2D eigenvalue weighted by molar-refractivity contribution is 0.439. The summed E-state index contributed by atoms with van der Waals surface area (Å²) in [5.41, 5.74) is 0.979. The van der Waals surface area contributed by atoms with E-state index < -0.39 is 5.82 Å². The molecule has 1 aromatic heterocycles. The first-order valence-corrected chi connectivity index (χ1v) is 6.20. The normalized spacial score (nSPS) is 10.4. The number of ether oxygens (including phenoxy) is 1. The highest BCUT2D eigenvalue weighted by Gasteiger charge is 2.06. The number of aromatic nitrogens is 1. The van der Waals surface area contributed by atoms with Crippen LogP contribution in [0.15, 0.2) is 41.1 Å². The van der Waals surface area contributed by atoms with E-state index in [9.17, 15) is 4.39 Å². The molecule has 0 fully saturated rings. The molecule has 18 heavy (non-hydrogen) atoms. The van der Waals surface area contributed by atoms with E-state index in [1.807, 2.05) is 13.1 Å². The molecular formula is C13H12BrFN2O. The van der Waals surface area contributed by atoms with Crippen LogP contribution in [0.1, 0.15) is 5.56 Å². The quantitative estimate of drug-likeness (QED) is 0.938. The summed E-state index contributed by atoms with van der Waals surface area (Å²) in [5.74, 6) is 0.286. The van der Waals surface area contributed by atoms with Crippen molar-refractivity contribution in [3.63, 3.8) is 0 Å². The first kappa shape index (κ1) is 13.0. The molecule has 0 amide bonds. The minimum Gasteiger partial charge on any atom is -0.453 e. The molecule has 0 aliphatic heterocycles. The van der Waals surface area contributed by atoms with Crippen molar-refractivity contribution in [1.82, 2.24) is 10.3 Å². The molecule has 0 saturated carbocycles. The second-order valence-electron chi connectivity index (χ2n) is 3.74. The molecule has 0 unspecified atom stereocenters. The third-order valence-corrected chi connectivity index (χ3v) is 2.77. The van der Waals surface area contributed by atoms with Gasteiger partial charge in [-0.15, -0.1) is 0 Å². The fourth-order valence-electron chi connectivity index (χ4n) is 1.51. The molecule has 1 N–H and O–H groups in total. The molecule has 94 valence electrons. The van der Waals surface area contributed by atoms with Crippen molar-refractivity contribution < 1.29 is 9.13 Å². The van der Waals surface area contributed by atoms with Gasteiger partial charge in [0.15, 0.2) is 11.6 Å². The van der Waals surface area contributed by atoms with Gasteiger partial charge in [-0.3, -0.25) is 4.98 Å². The summed E-state index contributed by atoms with van der Waals surface area (Å²) in [6.45, 7) is 0.688. The highest BCUT2D eigenvalue weighted by Crippen LogP contribution is 2.26. The van der Waals surface area contributed by atoms with Gasteiger partial charge in [-0.1, -0.05) is 15.9 Å². The Morgan fingerprint density at radius 1 is 1.33 bits per heavy atom. The summed E-state index contributed by atoms with van der Waals surface area (Å²) in [5, 5.41) is 3.02. The Labute approximate surface area is 113 Å². The second-order valence-corrected chi connectivity index (χ2v) is 4.65. The zero-order valence-corrected chi connectivity index (χ0v) is 11.4. The molecule has 0 bridgehead atoms. The van der Waals surface area contributed by atoms with Crippen molar-refractivity contribution in [2.75, 3.05) is 7.05 Å². The predicted octanol–water partition coefficient (Wildman–Crippen LogP) is 3.49. The number of nitrogens with one attached hydrogen (secondary N) is 1. The Balaban J connectivity index is 2.20. The third-order valence-electron chi connectivity index (χ3n) is 2.27. The van der Waals surface area contributed by atoms with E-state index >= 15 is 0 Å². The molecule has 0 aliphatic carbocycles. The van der Waals surface area contributed by atoms with Gasteiger partial charge in [0.1, 0.15) is 5.75 Å². The van der Waals surface area contributed by atoms with Crippen molar-refractivity contribution in [2.24, 2.45) is 0 Å². The minimum atomic E-state index is -0.414. The zero-order valence-electron chi connectivity index (χ0n) is 9.78. The lowest BCUT2D eigenvalue weighted by Crippen LogP contribution is -2.05. The predicted molar refractivity (Wildman–Crippen MR) is 71.2 cm³/mol. The van der Waals surface area contributed by atoms with Gasteiger partial charge in [0.2, 0.25) is 0 Å². The van der Waals surface area contributed by atoms with Crippen LogP contribution in [-0.2, 0) is 6.54 Å². The maximum atomic E-state index is 13.6. The van der Waals surface area contributed by atoms with Crippen molar-refractivity contribution in [2.45, 2.75) is 6.54 Å². The van der Waals surface area contributed by atoms with Gasteiger partial charge < -0.3 is 10.1 Å². The SMILES string of the molecule is CNCc1cncc(Oc2ccc(Br)cc2F)c1. The zero-order chi connectivity index (χ0) is 13.0. The summed E-state index contributed by atoms with van der Waals surface area (Å²) in [7, 11) is 1.85. The minimum absolute atomic E-state index is 0.182. The number of benzene rings is 1. The number of halogens is 2. The van der Waals surface area contributed by atoms with Gasteiger partial charge >= 0.3 is 0 Å². The summed E-state index contributed by atoms with van der Waals surface area (Å²) >= 11 is 3.20. The lowest BCUT2D eigenvalue weighted by atomic mass is 10.3. The summed E-state index contributed by atoms with van der Waals surface area (Å²) in [4.78, 5) is 4.05. The smallest absolute Gasteiger partial charge is 0.166 e. The van der Waals surface area contributed by atoms with Crippen molar-refractivity contribution in [3.8, 4) is 11.5 Å². The van der Waals surface area contributed by atoms with Crippen molar-refractivity contribution >= 4 is 15.9 Å². The van der Waals surface area contributed by atoms with Crippen LogP contribution in [0.2, 0.25) is 0 Å². The maximum absolute atomic E-state index is 13.6. The van der Waals surface area contributed by atoms with E-state index in [4.69, 9.17) is 4.74 Å². The summed E-state index contributed by atoms with van der Waals surface area (Å²) < 4.78 is 19.7. The molecule has 2 aromatic rings. The van der Waals surface area contributed by atoms with E-state index in [1.165, 1.54) is 6.07 Å². The Hall–Kier alpha value is -1.46. The van der Waals surface area contributed by atoms with Crippen LogP contribution < -0.4 is 10.1 Å².